The zero-order valence-electron chi connectivity index (χ0n) is 11.2. The summed E-state index contributed by atoms with van der Waals surface area (Å²) in [5.74, 6) is -1.58. The van der Waals surface area contributed by atoms with Crippen molar-refractivity contribution in [2.24, 2.45) is 11.5 Å². The van der Waals surface area contributed by atoms with E-state index in [-0.39, 0.29) is 6.42 Å². The monoisotopic (exact) mass is 280 g/mol. The van der Waals surface area contributed by atoms with Gasteiger partial charge in [-0.2, -0.15) is 0 Å². The Balaban J connectivity index is 2.59. The summed E-state index contributed by atoms with van der Waals surface area (Å²) in [6.07, 6.45) is 4.38. The van der Waals surface area contributed by atoms with Gasteiger partial charge in [0, 0.05) is 18.8 Å². The standard InChI is InChI=1S/C13H20N4O3/c14-5-1-4-10(15)12(18)17-11(13(19)20)7-9-3-2-6-16-8-9/h2-3,6,8,10-11H,1,4-5,7,14-15H2,(H,17,18)(H,19,20)/t10-,11-/m0/s1. The van der Waals surface area contributed by atoms with Crippen molar-refractivity contribution in [1.82, 2.24) is 10.3 Å². The van der Waals surface area contributed by atoms with E-state index in [1.807, 2.05) is 0 Å². The third-order valence-corrected chi connectivity index (χ3v) is 2.83. The first-order valence-electron chi connectivity index (χ1n) is 6.42. The van der Waals surface area contributed by atoms with Gasteiger partial charge in [0.2, 0.25) is 5.91 Å². The highest BCUT2D eigenvalue weighted by Crippen LogP contribution is 2.03. The van der Waals surface area contributed by atoms with Crippen LogP contribution in [-0.2, 0) is 16.0 Å². The van der Waals surface area contributed by atoms with Crippen LogP contribution < -0.4 is 16.8 Å². The van der Waals surface area contributed by atoms with Crippen LogP contribution in [0.25, 0.3) is 0 Å². The van der Waals surface area contributed by atoms with Gasteiger partial charge in [-0.15, -0.1) is 0 Å². The molecule has 2 atom stereocenters. The lowest BCUT2D eigenvalue weighted by Crippen LogP contribution is -2.49. The van der Waals surface area contributed by atoms with Crippen LogP contribution in [0.15, 0.2) is 24.5 Å². The van der Waals surface area contributed by atoms with Crippen LogP contribution in [0.4, 0.5) is 0 Å². The molecular formula is C13H20N4O3. The van der Waals surface area contributed by atoms with Crippen LogP contribution in [0.1, 0.15) is 18.4 Å². The molecule has 20 heavy (non-hydrogen) atoms. The number of carbonyl (C=O) groups excluding carboxylic acids is 1. The molecule has 0 fully saturated rings. The van der Waals surface area contributed by atoms with Crippen molar-refractivity contribution in [3.8, 4) is 0 Å². The lowest BCUT2D eigenvalue weighted by Gasteiger charge is -2.17. The summed E-state index contributed by atoms with van der Waals surface area (Å²) in [5.41, 5.74) is 11.7. The van der Waals surface area contributed by atoms with Gasteiger partial charge in [-0.05, 0) is 31.0 Å². The molecule has 0 bridgehead atoms. The van der Waals surface area contributed by atoms with Crippen molar-refractivity contribution in [3.05, 3.63) is 30.1 Å². The number of aliphatic carboxylic acids is 1. The number of rotatable bonds is 8. The molecule has 7 nitrogen and oxygen atoms in total. The molecule has 0 radical (unpaired) electrons. The van der Waals surface area contributed by atoms with Crippen molar-refractivity contribution >= 4 is 11.9 Å². The predicted molar refractivity (Wildman–Crippen MR) is 73.8 cm³/mol. The van der Waals surface area contributed by atoms with Crippen LogP contribution in [0.2, 0.25) is 0 Å². The molecule has 0 aliphatic carbocycles. The molecule has 1 aromatic heterocycles. The number of pyridine rings is 1. The normalized spacial score (nSPS) is 13.5. The summed E-state index contributed by atoms with van der Waals surface area (Å²) in [6, 6.07) is 1.71. The Hall–Kier alpha value is -1.99. The average Bonchev–Trinajstić information content (AvgIpc) is 2.44. The molecule has 0 aliphatic rings. The van der Waals surface area contributed by atoms with E-state index in [1.165, 1.54) is 0 Å². The lowest BCUT2D eigenvalue weighted by molar-refractivity contribution is -0.142. The fraction of sp³-hybridized carbons (Fsp3) is 0.462. The van der Waals surface area contributed by atoms with Crippen LogP contribution >= 0.6 is 0 Å². The predicted octanol–water partition coefficient (Wildman–Crippen LogP) is -0.740. The smallest absolute Gasteiger partial charge is 0.326 e. The molecule has 0 aliphatic heterocycles. The van der Waals surface area contributed by atoms with Gasteiger partial charge in [0.15, 0.2) is 0 Å². The van der Waals surface area contributed by atoms with Crippen LogP contribution in [0, 0.1) is 0 Å². The fourth-order valence-electron chi connectivity index (χ4n) is 1.70. The van der Waals surface area contributed by atoms with Crippen LogP contribution in [-0.4, -0.2) is 40.6 Å². The number of hydrogen-bond acceptors (Lipinski definition) is 5. The number of amides is 1. The van der Waals surface area contributed by atoms with Gasteiger partial charge < -0.3 is 21.9 Å². The average molecular weight is 280 g/mol. The molecule has 0 saturated heterocycles. The molecule has 7 heteroatoms. The second kappa shape index (κ2) is 8.23. The van der Waals surface area contributed by atoms with Gasteiger partial charge >= 0.3 is 5.97 Å². The van der Waals surface area contributed by atoms with E-state index in [9.17, 15) is 9.59 Å². The minimum Gasteiger partial charge on any atom is -0.480 e. The van der Waals surface area contributed by atoms with Crippen LogP contribution in [0.3, 0.4) is 0 Å². The van der Waals surface area contributed by atoms with Crippen molar-refractivity contribution in [1.29, 1.82) is 0 Å². The second-order valence-corrected chi connectivity index (χ2v) is 4.50. The summed E-state index contributed by atoms with van der Waals surface area (Å²) in [4.78, 5) is 26.9. The Labute approximate surface area is 117 Å². The highest BCUT2D eigenvalue weighted by Gasteiger charge is 2.23. The largest absolute Gasteiger partial charge is 0.480 e. The molecule has 1 rings (SSSR count). The topological polar surface area (TPSA) is 131 Å². The number of nitrogens with two attached hydrogens (primary N) is 2. The number of aromatic nitrogens is 1. The molecule has 1 heterocycles. The quantitative estimate of drug-likeness (QED) is 0.496. The molecule has 6 N–H and O–H groups in total. The van der Waals surface area contributed by atoms with E-state index in [2.05, 4.69) is 10.3 Å². The molecule has 1 aromatic rings. The van der Waals surface area contributed by atoms with E-state index in [1.54, 1.807) is 24.5 Å². The Morgan fingerprint density at radius 3 is 2.75 bits per heavy atom. The summed E-state index contributed by atoms with van der Waals surface area (Å²) in [5, 5.41) is 11.6. The van der Waals surface area contributed by atoms with Crippen molar-refractivity contribution < 1.29 is 14.7 Å². The number of hydrogen-bond donors (Lipinski definition) is 4. The third kappa shape index (κ3) is 5.33. The first-order valence-corrected chi connectivity index (χ1v) is 6.42. The highest BCUT2D eigenvalue weighted by molar-refractivity contribution is 5.86. The van der Waals surface area contributed by atoms with Crippen molar-refractivity contribution in [3.63, 3.8) is 0 Å². The third-order valence-electron chi connectivity index (χ3n) is 2.83. The van der Waals surface area contributed by atoms with Gasteiger partial charge in [-0.3, -0.25) is 9.78 Å². The number of carbonyl (C=O) groups is 2. The summed E-state index contributed by atoms with van der Waals surface area (Å²) in [6.45, 7) is 0.443. The summed E-state index contributed by atoms with van der Waals surface area (Å²) < 4.78 is 0. The number of carboxylic acid groups (broad SMARTS) is 1. The Morgan fingerprint density at radius 2 is 2.20 bits per heavy atom. The molecule has 110 valence electrons. The first kappa shape index (κ1) is 16.1. The van der Waals surface area contributed by atoms with Gasteiger partial charge in [-0.1, -0.05) is 6.07 Å². The van der Waals surface area contributed by atoms with E-state index >= 15 is 0 Å². The molecule has 0 aromatic carbocycles. The Kier molecular flexibility index (Phi) is 6.61. The molecule has 0 saturated carbocycles. The van der Waals surface area contributed by atoms with E-state index in [0.29, 0.717) is 19.4 Å². The molecule has 0 unspecified atom stereocenters. The lowest BCUT2D eigenvalue weighted by atomic mass is 10.1. The highest BCUT2D eigenvalue weighted by atomic mass is 16.4. The van der Waals surface area contributed by atoms with Gasteiger partial charge in [-0.25, -0.2) is 4.79 Å². The number of carboxylic acids is 1. The molecule has 0 spiro atoms. The summed E-state index contributed by atoms with van der Waals surface area (Å²) >= 11 is 0. The zero-order valence-corrected chi connectivity index (χ0v) is 11.2. The number of nitrogens with zero attached hydrogens (tertiary/aromatic N) is 1. The molecule has 1 amide bonds. The maximum atomic E-state index is 11.8. The van der Waals surface area contributed by atoms with Gasteiger partial charge in [0.1, 0.15) is 6.04 Å². The van der Waals surface area contributed by atoms with E-state index in [0.717, 1.165) is 5.56 Å². The Bertz CT molecular complexity index is 439. The minimum absolute atomic E-state index is 0.165. The van der Waals surface area contributed by atoms with Crippen LogP contribution in [0.5, 0.6) is 0 Å². The van der Waals surface area contributed by atoms with Gasteiger partial charge in [0.25, 0.3) is 0 Å². The molecular weight excluding hydrogens is 260 g/mol. The zero-order chi connectivity index (χ0) is 15.0. The van der Waals surface area contributed by atoms with E-state index in [4.69, 9.17) is 16.6 Å². The van der Waals surface area contributed by atoms with E-state index < -0.39 is 24.0 Å². The minimum atomic E-state index is -1.10. The maximum absolute atomic E-state index is 11.8. The fourth-order valence-corrected chi connectivity index (χ4v) is 1.70. The van der Waals surface area contributed by atoms with Crippen molar-refractivity contribution in [2.75, 3.05) is 6.54 Å². The second-order valence-electron chi connectivity index (χ2n) is 4.50. The van der Waals surface area contributed by atoms with Gasteiger partial charge in [0.05, 0.1) is 6.04 Å². The first-order chi connectivity index (χ1) is 9.54. The number of nitrogens with one attached hydrogen (secondary N) is 1. The maximum Gasteiger partial charge on any atom is 0.326 e. The summed E-state index contributed by atoms with van der Waals surface area (Å²) in [7, 11) is 0. The Morgan fingerprint density at radius 1 is 1.45 bits per heavy atom. The SMILES string of the molecule is NCCC[C@H](N)C(=O)N[C@@H](Cc1cccnc1)C(=O)O. The van der Waals surface area contributed by atoms with Crippen molar-refractivity contribution in [2.45, 2.75) is 31.3 Å².